The Morgan fingerprint density at radius 2 is 0.864 bits per heavy atom. The van der Waals surface area contributed by atoms with E-state index in [0.717, 1.165) is 0 Å². The number of halogens is 13. The fourth-order valence-electron chi connectivity index (χ4n) is 1.00. The lowest BCUT2D eigenvalue weighted by molar-refractivity contribution is -0.439. The van der Waals surface area contributed by atoms with Crippen molar-refractivity contribution in [2.75, 3.05) is 0 Å². The molecular formula is C8H2F13O. The van der Waals surface area contributed by atoms with Gasteiger partial charge in [-0.05, 0) is 0 Å². The van der Waals surface area contributed by atoms with Crippen LogP contribution >= 0.6 is 0 Å². The first kappa shape index (κ1) is 20.8. The van der Waals surface area contributed by atoms with E-state index in [1.54, 1.807) is 0 Å². The first-order valence-electron chi connectivity index (χ1n) is 4.62. The lowest BCUT2D eigenvalue weighted by Gasteiger charge is -2.39. The fraction of sp³-hybridized carbons (Fsp3) is 0.875. The molecule has 0 spiro atoms. The molecule has 0 heterocycles. The summed E-state index contributed by atoms with van der Waals surface area (Å²) >= 11 is 0. The summed E-state index contributed by atoms with van der Waals surface area (Å²) in [4.78, 5) is 9.50. The SMILES string of the molecule is O=[C]CC(F)(F)C(F)(F)C(F)(F)C(F)(F)C(F)(F)C(F)(F)F. The predicted molar refractivity (Wildman–Crippen MR) is 41.1 cm³/mol. The van der Waals surface area contributed by atoms with Gasteiger partial charge in [0, 0.05) is 0 Å². The third-order valence-electron chi connectivity index (χ3n) is 2.29. The number of hydrogen-bond donors (Lipinski definition) is 0. The second kappa shape index (κ2) is 5.15. The van der Waals surface area contributed by atoms with Crippen LogP contribution in [0.15, 0.2) is 0 Å². The van der Waals surface area contributed by atoms with Gasteiger partial charge < -0.3 is 0 Å². The van der Waals surface area contributed by atoms with Gasteiger partial charge in [-0.15, -0.1) is 0 Å². The third-order valence-corrected chi connectivity index (χ3v) is 2.29. The molecule has 0 aliphatic carbocycles. The summed E-state index contributed by atoms with van der Waals surface area (Å²) in [6, 6.07) is 0. The molecule has 14 heteroatoms. The van der Waals surface area contributed by atoms with E-state index >= 15 is 0 Å². The van der Waals surface area contributed by atoms with E-state index in [9.17, 15) is 61.9 Å². The lowest BCUT2D eigenvalue weighted by atomic mass is 9.93. The maximum atomic E-state index is 12.7. The van der Waals surface area contributed by atoms with Crippen LogP contribution in [0.5, 0.6) is 0 Å². The van der Waals surface area contributed by atoms with Crippen LogP contribution in [0.2, 0.25) is 0 Å². The van der Waals surface area contributed by atoms with Crippen LogP contribution in [0, 0.1) is 0 Å². The summed E-state index contributed by atoms with van der Waals surface area (Å²) in [5, 5.41) is 0. The summed E-state index contributed by atoms with van der Waals surface area (Å²) in [5.74, 6) is -37.3. The summed E-state index contributed by atoms with van der Waals surface area (Å²) in [6.45, 7) is 0. The average Bonchev–Trinajstić information content (AvgIpc) is 2.26. The lowest BCUT2D eigenvalue weighted by Crippen LogP contribution is -2.70. The Bertz CT molecular complexity index is 420. The third kappa shape index (κ3) is 2.59. The van der Waals surface area contributed by atoms with Gasteiger partial charge in [-0.25, -0.2) is 0 Å². The molecule has 0 fully saturated rings. The fourth-order valence-corrected chi connectivity index (χ4v) is 1.00. The van der Waals surface area contributed by atoms with Gasteiger partial charge in [0.15, 0.2) is 0 Å². The Morgan fingerprint density at radius 1 is 0.545 bits per heavy atom. The van der Waals surface area contributed by atoms with E-state index in [0.29, 0.717) is 0 Å². The smallest absolute Gasteiger partial charge is 0.291 e. The Hall–Kier alpha value is -1.24. The number of alkyl halides is 13. The van der Waals surface area contributed by atoms with Crippen LogP contribution in [0.1, 0.15) is 6.42 Å². The van der Waals surface area contributed by atoms with Crippen molar-refractivity contribution in [3.05, 3.63) is 0 Å². The van der Waals surface area contributed by atoms with Gasteiger partial charge in [-0.2, -0.15) is 57.1 Å². The summed E-state index contributed by atoms with van der Waals surface area (Å²) in [5.41, 5.74) is 0. The van der Waals surface area contributed by atoms with E-state index in [4.69, 9.17) is 0 Å². The second-order valence-corrected chi connectivity index (χ2v) is 3.82. The van der Waals surface area contributed by atoms with Gasteiger partial charge in [0.2, 0.25) is 6.29 Å². The van der Waals surface area contributed by atoms with Crippen LogP contribution in [0.25, 0.3) is 0 Å². The van der Waals surface area contributed by atoms with Gasteiger partial charge in [0.05, 0.1) is 6.42 Å². The highest BCUT2D eigenvalue weighted by atomic mass is 19.4. The quantitative estimate of drug-likeness (QED) is 0.648. The number of hydrogen-bond acceptors (Lipinski definition) is 1. The van der Waals surface area contributed by atoms with Crippen LogP contribution in [-0.2, 0) is 4.79 Å². The Balaban J connectivity index is 6.16. The van der Waals surface area contributed by atoms with Gasteiger partial charge in [0.1, 0.15) is 0 Å². The Kier molecular flexibility index (Phi) is 4.86. The molecule has 1 radical (unpaired) electrons. The van der Waals surface area contributed by atoms with Crippen molar-refractivity contribution in [3.63, 3.8) is 0 Å². The number of rotatable bonds is 6. The minimum absolute atomic E-state index is 0.0613. The molecule has 1 nitrogen and oxygen atoms in total. The van der Waals surface area contributed by atoms with E-state index in [1.807, 2.05) is 0 Å². The molecule has 22 heavy (non-hydrogen) atoms. The molecule has 0 saturated heterocycles. The van der Waals surface area contributed by atoms with Crippen molar-refractivity contribution in [1.29, 1.82) is 0 Å². The average molecular weight is 361 g/mol. The summed E-state index contributed by atoms with van der Waals surface area (Å²) < 4.78 is 161. The maximum absolute atomic E-state index is 12.7. The molecule has 0 aromatic heterocycles. The molecular weight excluding hydrogens is 359 g/mol. The van der Waals surface area contributed by atoms with E-state index in [-0.39, 0.29) is 6.29 Å². The van der Waals surface area contributed by atoms with E-state index in [2.05, 4.69) is 0 Å². The van der Waals surface area contributed by atoms with Gasteiger partial charge >= 0.3 is 35.8 Å². The van der Waals surface area contributed by atoms with Gasteiger partial charge in [0.25, 0.3) is 0 Å². The van der Waals surface area contributed by atoms with Crippen molar-refractivity contribution >= 4 is 6.29 Å². The molecule has 0 aromatic rings. The highest BCUT2D eigenvalue weighted by Crippen LogP contribution is 2.60. The Labute approximate surface area is 112 Å². The molecule has 0 unspecified atom stereocenters. The molecule has 0 rings (SSSR count). The van der Waals surface area contributed by atoms with Crippen LogP contribution < -0.4 is 0 Å². The summed E-state index contributed by atoms with van der Waals surface area (Å²) in [7, 11) is 0. The molecule has 0 atom stereocenters. The molecule has 0 aliphatic heterocycles. The molecule has 0 saturated carbocycles. The normalized spacial score (nSPS) is 15.9. The van der Waals surface area contributed by atoms with Crippen molar-refractivity contribution in [2.24, 2.45) is 0 Å². The first-order valence-corrected chi connectivity index (χ1v) is 4.62. The Morgan fingerprint density at radius 3 is 1.14 bits per heavy atom. The van der Waals surface area contributed by atoms with Crippen LogP contribution in [0.4, 0.5) is 57.1 Å². The molecule has 0 N–H and O–H groups in total. The van der Waals surface area contributed by atoms with E-state index in [1.165, 1.54) is 0 Å². The monoisotopic (exact) mass is 361 g/mol. The van der Waals surface area contributed by atoms with E-state index < -0.39 is 42.2 Å². The van der Waals surface area contributed by atoms with Gasteiger partial charge in [-0.3, -0.25) is 4.79 Å². The minimum Gasteiger partial charge on any atom is -0.291 e. The van der Waals surface area contributed by atoms with Crippen molar-refractivity contribution in [3.8, 4) is 0 Å². The van der Waals surface area contributed by atoms with Crippen molar-refractivity contribution < 1.29 is 61.9 Å². The van der Waals surface area contributed by atoms with Crippen molar-refractivity contribution in [1.82, 2.24) is 0 Å². The summed E-state index contributed by atoms with van der Waals surface area (Å²) in [6.07, 6.45) is -10.4. The highest BCUT2D eigenvalue weighted by molar-refractivity contribution is 5.52. The number of carbonyl (C=O) groups excluding carboxylic acids is 1. The van der Waals surface area contributed by atoms with Gasteiger partial charge in [-0.1, -0.05) is 0 Å². The second-order valence-electron chi connectivity index (χ2n) is 3.82. The first-order chi connectivity index (χ1) is 9.31. The topological polar surface area (TPSA) is 17.1 Å². The van der Waals surface area contributed by atoms with Crippen LogP contribution in [0.3, 0.4) is 0 Å². The standard InChI is InChI=1S/C8H2F13O/c9-3(10,1-2-22)4(11,12)5(13,14)6(15,16)7(17,18)8(19,20)21/h1H2. The molecule has 0 bridgehead atoms. The maximum Gasteiger partial charge on any atom is 0.460 e. The van der Waals surface area contributed by atoms with Crippen LogP contribution in [-0.4, -0.2) is 42.1 Å². The highest BCUT2D eigenvalue weighted by Gasteiger charge is 2.90. The molecule has 0 aliphatic rings. The largest absolute Gasteiger partial charge is 0.460 e. The minimum atomic E-state index is -7.94. The molecule has 131 valence electrons. The molecule has 0 aromatic carbocycles. The van der Waals surface area contributed by atoms with Crippen molar-refractivity contribution in [2.45, 2.75) is 42.2 Å². The zero-order chi connectivity index (χ0) is 18.4. The predicted octanol–water partition coefficient (Wildman–Crippen LogP) is 4.22. The molecule has 0 amide bonds. The zero-order valence-corrected chi connectivity index (χ0v) is 9.53. The zero-order valence-electron chi connectivity index (χ0n) is 9.53.